The summed E-state index contributed by atoms with van der Waals surface area (Å²) in [6.07, 6.45) is 0. The van der Waals surface area contributed by atoms with E-state index in [-0.39, 0.29) is 5.56 Å². The van der Waals surface area contributed by atoms with Crippen molar-refractivity contribution in [3.8, 4) is 11.5 Å². The van der Waals surface area contributed by atoms with E-state index in [4.69, 9.17) is 5.73 Å². The fourth-order valence-electron chi connectivity index (χ4n) is 1.50. The molecule has 17 heavy (non-hydrogen) atoms. The lowest BCUT2D eigenvalue weighted by Gasteiger charge is -1.90. The van der Waals surface area contributed by atoms with Gasteiger partial charge in [-0.25, -0.2) is 9.97 Å². The summed E-state index contributed by atoms with van der Waals surface area (Å²) in [5.74, 6) is 0.810. The van der Waals surface area contributed by atoms with E-state index in [1.165, 1.54) is 21.9 Å². The number of thiazole rings is 1. The molecule has 0 saturated carbocycles. The Labute approximate surface area is 99.0 Å². The maximum absolute atomic E-state index is 11.7. The van der Waals surface area contributed by atoms with Crippen molar-refractivity contribution >= 4 is 22.2 Å². The predicted molar refractivity (Wildman–Crippen MR) is 63.9 cm³/mol. The van der Waals surface area contributed by atoms with Gasteiger partial charge in [0.1, 0.15) is 5.69 Å². The maximum Gasteiger partial charge on any atom is 0.274 e. The van der Waals surface area contributed by atoms with Gasteiger partial charge in [-0.15, -0.1) is 11.3 Å². The monoisotopic (exact) mass is 248 g/mol. The number of aryl methyl sites for hydroxylation is 1. The van der Waals surface area contributed by atoms with Crippen LogP contribution in [0.3, 0.4) is 0 Å². The molecule has 0 aliphatic carbocycles. The SMILES string of the molecule is Cc1cc(=O)n2[nH]c(-c3csc(N)n3)nc2n1. The predicted octanol–water partition coefficient (Wildman–Crippen LogP) is 0.432. The molecule has 0 fully saturated rings. The molecular weight excluding hydrogens is 240 g/mol. The highest BCUT2D eigenvalue weighted by atomic mass is 32.1. The number of nitrogens with zero attached hydrogens (tertiary/aromatic N) is 4. The zero-order chi connectivity index (χ0) is 12.0. The number of hydrogen-bond acceptors (Lipinski definition) is 6. The molecule has 0 atom stereocenters. The van der Waals surface area contributed by atoms with Crippen molar-refractivity contribution in [1.29, 1.82) is 0 Å². The Hall–Kier alpha value is -2.22. The van der Waals surface area contributed by atoms with Crippen LogP contribution in [0.5, 0.6) is 0 Å². The zero-order valence-electron chi connectivity index (χ0n) is 8.84. The number of aromatic amines is 1. The Morgan fingerprint density at radius 3 is 2.94 bits per heavy atom. The first-order chi connectivity index (χ1) is 8.13. The second-order valence-corrected chi connectivity index (χ2v) is 4.40. The van der Waals surface area contributed by atoms with Crippen molar-refractivity contribution in [3.63, 3.8) is 0 Å². The number of H-pyrrole nitrogens is 1. The molecule has 0 bridgehead atoms. The Bertz CT molecular complexity index is 754. The van der Waals surface area contributed by atoms with Gasteiger partial charge in [0.15, 0.2) is 11.0 Å². The maximum atomic E-state index is 11.7. The third kappa shape index (κ3) is 1.58. The third-order valence-electron chi connectivity index (χ3n) is 2.22. The first kappa shape index (κ1) is 9.97. The highest BCUT2D eigenvalue weighted by Crippen LogP contribution is 2.19. The van der Waals surface area contributed by atoms with E-state index < -0.39 is 0 Å². The van der Waals surface area contributed by atoms with Gasteiger partial charge in [0.2, 0.25) is 0 Å². The fraction of sp³-hybridized carbons (Fsp3) is 0.111. The summed E-state index contributed by atoms with van der Waals surface area (Å²) in [5, 5.41) is 5.06. The minimum Gasteiger partial charge on any atom is -0.375 e. The van der Waals surface area contributed by atoms with Gasteiger partial charge in [-0.3, -0.25) is 9.89 Å². The third-order valence-corrected chi connectivity index (χ3v) is 2.90. The van der Waals surface area contributed by atoms with Gasteiger partial charge in [0, 0.05) is 17.1 Å². The smallest absolute Gasteiger partial charge is 0.274 e. The molecule has 0 unspecified atom stereocenters. The molecule has 3 aromatic heterocycles. The molecule has 3 N–H and O–H groups in total. The van der Waals surface area contributed by atoms with Crippen LogP contribution >= 0.6 is 11.3 Å². The number of fused-ring (bicyclic) bond motifs is 1. The molecule has 3 aromatic rings. The van der Waals surface area contributed by atoms with Crippen LogP contribution in [0.25, 0.3) is 17.3 Å². The second kappa shape index (κ2) is 3.39. The molecule has 0 spiro atoms. The summed E-state index contributed by atoms with van der Waals surface area (Å²) in [6.45, 7) is 1.75. The lowest BCUT2D eigenvalue weighted by molar-refractivity contribution is 0.891. The van der Waals surface area contributed by atoms with Crippen LogP contribution in [0.15, 0.2) is 16.2 Å². The fourth-order valence-corrected chi connectivity index (χ4v) is 2.05. The van der Waals surface area contributed by atoms with E-state index in [9.17, 15) is 4.79 Å². The highest BCUT2D eigenvalue weighted by molar-refractivity contribution is 7.13. The molecular formula is C9H8N6OS. The quantitative estimate of drug-likeness (QED) is 0.650. The van der Waals surface area contributed by atoms with Gasteiger partial charge in [-0.1, -0.05) is 0 Å². The summed E-state index contributed by atoms with van der Waals surface area (Å²) in [7, 11) is 0. The van der Waals surface area contributed by atoms with Crippen molar-refractivity contribution in [2.75, 3.05) is 5.73 Å². The van der Waals surface area contributed by atoms with Gasteiger partial charge >= 0.3 is 0 Å². The minimum absolute atomic E-state index is 0.200. The number of nitrogens with one attached hydrogen (secondary N) is 1. The Morgan fingerprint density at radius 2 is 2.24 bits per heavy atom. The van der Waals surface area contributed by atoms with E-state index in [2.05, 4.69) is 20.1 Å². The number of rotatable bonds is 1. The molecule has 0 amide bonds. The number of hydrogen-bond donors (Lipinski definition) is 2. The lowest BCUT2D eigenvalue weighted by Crippen LogP contribution is -2.14. The van der Waals surface area contributed by atoms with Gasteiger partial charge in [-0.05, 0) is 6.92 Å². The molecule has 7 nitrogen and oxygen atoms in total. The van der Waals surface area contributed by atoms with Gasteiger partial charge in [0.05, 0.1) is 0 Å². The van der Waals surface area contributed by atoms with Crippen molar-refractivity contribution in [1.82, 2.24) is 24.6 Å². The molecule has 0 aliphatic heterocycles. The van der Waals surface area contributed by atoms with Crippen LogP contribution in [0.2, 0.25) is 0 Å². The number of nitrogen functional groups attached to an aromatic ring is 1. The normalized spacial score (nSPS) is 11.1. The molecule has 0 aliphatic rings. The van der Waals surface area contributed by atoms with Crippen molar-refractivity contribution in [2.45, 2.75) is 6.92 Å². The molecule has 3 heterocycles. The summed E-state index contributed by atoms with van der Waals surface area (Å²) < 4.78 is 1.28. The number of nitrogens with two attached hydrogens (primary N) is 1. The van der Waals surface area contributed by atoms with Gasteiger partial charge < -0.3 is 5.73 Å². The van der Waals surface area contributed by atoms with E-state index in [0.717, 1.165) is 0 Å². The van der Waals surface area contributed by atoms with Crippen LogP contribution < -0.4 is 11.3 Å². The topological polar surface area (TPSA) is 102 Å². The van der Waals surface area contributed by atoms with Crippen LogP contribution in [0, 0.1) is 6.92 Å². The Balaban J connectivity index is 2.27. The standard InChI is InChI=1S/C9H8N6OS/c1-4-2-6(16)15-9(11-4)13-7(14-15)5-3-17-8(10)12-5/h2-3H,1H3,(H2,10,12)(H,11,13,14). The summed E-state index contributed by atoms with van der Waals surface area (Å²) >= 11 is 1.32. The van der Waals surface area contributed by atoms with Crippen molar-refractivity contribution in [3.05, 3.63) is 27.5 Å². The van der Waals surface area contributed by atoms with E-state index >= 15 is 0 Å². The molecule has 0 aromatic carbocycles. The number of aromatic nitrogens is 5. The average Bonchev–Trinajstić information content (AvgIpc) is 2.83. The summed E-state index contributed by atoms with van der Waals surface area (Å²) in [4.78, 5) is 24.1. The van der Waals surface area contributed by atoms with Crippen molar-refractivity contribution < 1.29 is 0 Å². The van der Waals surface area contributed by atoms with Gasteiger partial charge in [-0.2, -0.15) is 9.50 Å². The molecule has 0 radical (unpaired) electrons. The lowest BCUT2D eigenvalue weighted by atomic mass is 10.5. The molecule has 3 rings (SSSR count). The van der Waals surface area contributed by atoms with Crippen LogP contribution in [-0.2, 0) is 0 Å². The van der Waals surface area contributed by atoms with Crippen molar-refractivity contribution in [2.24, 2.45) is 0 Å². The Kier molecular flexibility index (Phi) is 1.99. The molecule has 0 saturated heterocycles. The van der Waals surface area contributed by atoms with Gasteiger partial charge in [0.25, 0.3) is 11.3 Å². The first-order valence-electron chi connectivity index (χ1n) is 4.81. The summed E-state index contributed by atoms with van der Waals surface area (Å²) in [6, 6.07) is 1.43. The zero-order valence-corrected chi connectivity index (χ0v) is 9.65. The summed E-state index contributed by atoms with van der Waals surface area (Å²) in [5.41, 5.74) is 6.58. The molecule has 8 heteroatoms. The van der Waals surface area contributed by atoms with E-state index in [1.54, 1.807) is 12.3 Å². The first-order valence-corrected chi connectivity index (χ1v) is 5.69. The number of anilines is 1. The highest BCUT2D eigenvalue weighted by Gasteiger charge is 2.10. The van der Waals surface area contributed by atoms with Crippen LogP contribution in [-0.4, -0.2) is 24.6 Å². The largest absolute Gasteiger partial charge is 0.375 e. The minimum atomic E-state index is -0.200. The molecule has 86 valence electrons. The average molecular weight is 248 g/mol. The van der Waals surface area contributed by atoms with E-state index in [0.29, 0.717) is 28.1 Å². The Morgan fingerprint density at radius 1 is 1.41 bits per heavy atom. The van der Waals surface area contributed by atoms with Crippen LogP contribution in [0.4, 0.5) is 5.13 Å². The second-order valence-electron chi connectivity index (χ2n) is 3.51. The van der Waals surface area contributed by atoms with Crippen LogP contribution in [0.1, 0.15) is 5.69 Å². The van der Waals surface area contributed by atoms with E-state index in [1.807, 2.05) is 0 Å².